The van der Waals surface area contributed by atoms with Gasteiger partial charge in [0.1, 0.15) is 12.4 Å². The van der Waals surface area contributed by atoms with Gasteiger partial charge < -0.3 is 10.1 Å². The summed E-state index contributed by atoms with van der Waals surface area (Å²) in [5.74, 6) is 0.569. The summed E-state index contributed by atoms with van der Waals surface area (Å²) in [6, 6.07) is 9.16. The second kappa shape index (κ2) is 8.23. The van der Waals surface area contributed by atoms with Gasteiger partial charge in [-0.1, -0.05) is 36.2 Å². The molecule has 3 nitrogen and oxygen atoms in total. The van der Waals surface area contributed by atoms with Gasteiger partial charge in [-0.3, -0.25) is 4.98 Å². The Balaban J connectivity index is 1.90. The molecule has 2 aromatic rings. The minimum Gasteiger partial charge on any atom is -0.486 e. The Morgan fingerprint density at radius 3 is 2.76 bits per heavy atom. The molecule has 0 atom stereocenters. The van der Waals surface area contributed by atoms with E-state index in [2.05, 4.69) is 17.2 Å². The third-order valence-electron chi connectivity index (χ3n) is 2.91. The number of aromatic nitrogens is 1. The number of nitrogens with one attached hydrogen (secondary N) is 1. The van der Waals surface area contributed by atoms with E-state index in [4.69, 9.17) is 27.9 Å². The fraction of sp³-hybridized carbons (Fsp3) is 0.312. The number of hydrogen-bond donors (Lipinski definition) is 1. The Morgan fingerprint density at radius 2 is 2.05 bits per heavy atom. The van der Waals surface area contributed by atoms with Crippen LogP contribution in [0.3, 0.4) is 0 Å². The van der Waals surface area contributed by atoms with Crippen molar-refractivity contribution in [3.63, 3.8) is 0 Å². The fourth-order valence-electron chi connectivity index (χ4n) is 1.79. The van der Waals surface area contributed by atoms with Crippen LogP contribution in [0.4, 0.5) is 0 Å². The van der Waals surface area contributed by atoms with Crippen LogP contribution in [0.1, 0.15) is 24.6 Å². The molecule has 0 unspecified atom stereocenters. The van der Waals surface area contributed by atoms with Gasteiger partial charge in [0.2, 0.25) is 0 Å². The number of benzene rings is 1. The normalized spacial score (nSPS) is 10.6. The molecular formula is C16H18Cl2N2O. The zero-order valence-corrected chi connectivity index (χ0v) is 13.4. The van der Waals surface area contributed by atoms with Crippen LogP contribution in [0.2, 0.25) is 10.0 Å². The van der Waals surface area contributed by atoms with Gasteiger partial charge in [0, 0.05) is 23.8 Å². The molecule has 0 saturated carbocycles. The molecule has 0 amide bonds. The van der Waals surface area contributed by atoms with Crippen LogP contribution in [0.25, 0.3) is 0 Å². The Kier molecular flexibility index (Phi) is 6.30. The lowest BCUT2D eigenvalue weighted by molar-refractivity contribution is 0.301. The molecule has 0 aliphatic carbocycles. The Hall–Kier alpha value is -1.29. The molecule has 0 radical (unpaired) electrons. The first-order chi connectivity index (χ1) is 10.2. The van der Waals surface area contributed by atoms with Crippen LogP contribution in [0.15, 0.2) is 36.5 Å². The van der Waals surface area contributed by atoms with Crippen molar-refractivity contribution in [3.05, 3.63) is 57.8 Å². The molecule has 1 aromatic heterocycles. The largest absolute Gasteiger partial charge is 0.486 e. The molecule has 5 heteroatoms. The van der Waals surface area contributed by atoms with Crippen LogP contribution >= 0.6 is 23.2 Å². The minimum absolute atomic E-state index is 0.364. The van der Waals surface area contributed by atoms with E-state index in [9.17, 15) is 0 Å². The van der Waals surface area contributed by atoms with Crippen LogP contribution in [0.5, 0.6) is 5.75 Å². The van der Waals surface area contributed by atoms with Crippen molar-refractivity contribution in [2.24, 2.45) is 0 Å². The van der Waals surface area contributed by atoms with Gasteiger partial charge in [-0.2, -0.15) is 0 Å². The number of ether oxygens (including phenoxy) is 1. The number of nitrogens with zero attached hydrogens (tertiary/aromatic N) is 1. The molecule has 2 rings (SSSR count). The lowest BCUT2D eigenvalue weighted by Crippen LogP contribution is -2.14. The second-order valence-corrected chi connectivity index (χ2v) is 5.54. The smallest absolute Gasteiger partial charge is 0.139 e. The summed E-state index contributed by atoms with van der Waals surface area (Å²) in [4.78, 5) is 4.38. The average Bonchev–Trinajstić information content (AvgIpc) is 2.50. The maximum atomic E-state index is 6.05. The zero-order chi connectivity index (χ0) is 15.1. The van der Waals surface area contributed by atoms with Gasteiger partial charge >= 0.3 is 0 Å². The lowest BCUT2D eigenvalue weighted by atomic mass is 10.2. The number of pyridine rings is 1. The topological polar surface area (TPSA) is 34.1 Å². The van der Waals surface area contributed by atoms with E-state index in [1.54, 1.807) is 18.2 Å². The van der Waals surface area contributed by atoms with Gasteiger partial charge in [-0.05, 0) is 36.7 Å². The SMILES string of the molecule is CCCNCc1ccc(COc2cc(Cl)ccc2Cl)nc1. The predicted octanol–water partition coefficient (Wildman–Crippen LogP) is 4.47. The summed E-state index contributed by atoms with van der Waals surface area (Å²) >= 11 is 12.0. The van der Waals surface area contributed by atoms with Crippen molar-refractivity contribution >= 4 is 23.2 Å². The predicted molar refractivity (Wildman–Crippen MR) is 87.0 cm³/mol. The van der Waals surface area contributed by atoms with Crippen molar-refractivity contribution < 1.29 is 4.74 Å². The molecule has 0 aliphatic rings. The zero-order valence-electron chi connectivity index (χ0n) is 11.9. The van der Waals surface area contributed by atoms with Crippen LogP contribution in [-0.4, -0.2) is 11.5 Å². The lowest BCUT2D eigenvalue weighted by Gasteiger charge is -2.09. The molecule has 0 bridgehead atoms. The first-order valence-corrected chi connectivity index (χ1v) is 7.67. The van der Waals surface area contributed by atoms with Gasteiger partial charge in [-0.25, -0.2) is 0 Å². The Morgan fingerprint density at radius 1 is 1.19 bits per heavy atom. The monoisotopic (exact) mass is 324 g/mol. The van der Waals surface area contributed by atoms with Gasteiger partial charge in [0.05, 0.1) is 10.7 Å². The second-order valence-electron chi connectivity index (χ2n) is 4.70. The molecule has 112 valence electrons. The van der Waals surface area contributed by atoms with E-state index >= 15 is 0 Å². The summed E-state index contributed by atoms with van der Waals surface area (Å²) in [5, 5.41) is 4.48. The van der Waals surface area contributed by atoms with Crippen molar-refractivity contribution in [2.75, 3.05) is 6.54 Å². The molecular weight excluding hydrogens is 307 g/mol. The first-order valence-electron chi connectivity index (χ1n) is 6.91. The molecule has 1 heterocycles. The molecule has 21 heavy (non-hydrogen) atoms. The summed E-state index contributed by atoms with van der Waals surface area (Å²) < 4.78 is 5.65. The molecule has 0 spiro atoms. The Labute approximate surface area is 135 Å². The standard InChI is InChI=1S/C16H18Cl2N2O/c1-2-7-19-9-12-3-5-14(20-10-12)11-21-16-8-13(17)4-6-15(16)18/h3-6,8,10,19H,2,7,9,11H2,1H3. The molecule has 1 aromatic carbocycles. The highest BCUT2D eigenvalue weighted by Gasteiger charge is 2.04. The third kappa shape index (κ3) is 5.20. The van der Waals surface area contributed by atoms with Crippen molar-refractivity contribution in [1.29, 1.82) is 0 Å². The molecule has 0 saturated heterocycles. The van der Waals surface area contributed by atoms with E-state index in [1.165, 1.54) is 0 Å². The summed E-state index contributed by atoms with van der Waals surface area (Å²) in [6.45, 7) is 4.36. The van der Waals surface area contributed by atoms with Gasteiger partial charge in [-0.15, -0.1) is 0 Å². The molecule has 0 fully saturated rings. The highest BCUT2D eigenvalue weighted by atomic mass is 35.5. The van der Waals surface area contributed by atoms with E-state index < -0.39 is 0 Å². The summed E-state index contributed by atoms with van der Waals surface area (Å²) in [5.41, 5.74) is 2.01. The maximum Gasteiger partial charge on any atom is 0.139 e. The van der Waals surface area contributed by atoms with Gasteiger partial charge in [0.15, 0.2) is 0 Å². The third-order valence-corrected chi connectivity index (χ3v) is 3.46. The summed E-state index contributed by atoms with van der Waals surface area (Å²) in [7, 11) is 0. The van der Waals surface area contributed by atoms with Crippen molar-refractivity contribution in [3.8, 4) is 5.75 Å². The van der Waals surface area contributed by atoms with E-state index in [0.717, 1.165) is 30.8 Å². The highest BCUT2D eigenvalue weighted by molar-refractivity contribution is 6.34. The minimum atomic E-state index is 0.364. The number of halogens is 2. The van der Waals surface area contributed by atoms with E-state index in [-0.39, 0.29) is 0 Å². The fourth-order valence-corrected chi connectivity index (χ4v) is 2.13. The van der Waals surface area contributed by atoms with Crippen LogP contribution in [-0.2, 0) is 13.2 Å². The van der Waals surface area contributed by atoms with E-state index in [1.807, 2.05) is 18.3 Å². The van der Waals surface area contributed by atoms with Crippen molar-refractivity contribution in [2.45, 2.75) is 26.5 Å². The number of hydrogen-bond acceptors (Lipinski definition) is 3. The molecule has 0 aliphatic heterocycles. The van der Waals surface area contributed by atoms with Crippen LogP contribution in [0, 0.1) is 0 Å². The van der Waals surface area contributed by atoms with Crippen LogP contribution < -0.4 is 10.1 Å². The van der Waals surface area contributed by atoms with E-state index in [0.29, 0.717) is 22.4 Å². The first kappa shape index (κ1) is 16.1. The summed E-state index contributed by atoms with van der Waals surface area (Å²) in [6.07, 6.45) is 2.99. The van der Waals surface area contributed by atoms with Gasteiger partial charge in [0.25, 0.3) is 0 Å². The number of rotatable bonds is 7. The average molecular weight is 325 g/mol. The Bertz CT molecular complexity index is 573. The van der Waals surface area contributed by atoms with Crippen molar-refractivity contribution in [1.82, 2.24) is 10.3 Å². The maximum absolute atomic E-state index is 6.05. The molecule has 1 N–H and O–H groups in total. The quantitative estimate of drug-likeness (QED) is 0.763. The highest BCUT2D eigenvalue weighted by Crippen LogP contribution is 2.28.